The Bertz CT molecular complexity index is 484. The smallest absolute Gasteiger partial charge is 0.0178 e. The van der Waals surface area contributed by atoms with Crippen molar-refractivity contribution in [3.05, 3.63) is 34.3 Å². The van der Waals surface area contributed by atoms with Crippen LogP contribution in [0, 0.1) is 29.6 Å². The lowest BCUT2D eigenvalue weighted by atomic mass is 9.50. The van der Waals surface area contributed by atoms with E-state index in [1.165, 1.54) is 42.1 Å². The predicted molar refractivity (Wildman–Crippen MR) is 91.2 cm³/mol. The Morgan fingerprint density at radius 1 is 1.10 bits per heavy atom. The molecule has 4 saturated carbocycles. The first kappa shape index (κ1) is 14.3. The molecule has 0 spiro atoms. The molecule has 5 rings (SSSR count). The second kappa shape index (κ2) is 5.70. The Kier molecular flexibility index (Phi) is 3.87. The predicted octanol–water partition coefficient (Wildman–Crippen LogP) is 4.65. The zero-order chi connectivity index (χ0) is 14.4. The van der Waals surface area contributed by atoms with Crippen molar-refractivity contribution in [2.24, 2.45) is 29.6 Å². The molecular weight excluding hydrogens is 322 g/mol. The van der Waals surface area contributed by atoms with E-state index in [2.05, 4.69) is 52.6 Å². The summed E-state index contributed by atoms with van der Waals surface area (Å²) in [6, 6.07) is 9.53. The van der Waals surface area contributed by atoms with Crippen LogP contribution in [0.25, 0.3) is 0 Å². The summed E-state index contributed by atoms with van der Waals surface area (Å²) in [6.07, 6.45) is 8.82. The Labute approximate surface area is 137 Å². The van der Waals surface area contributed by atoms with Crippen LogP contribution in [-0.4, -0.2) is 13.1 Å². The average Bonchev–Trinajstić information content (AvgIpc) is 2.45. The van der Waals surface area contributed by atoms with Crippen LogP contribution in [0.2, 0.25) is 0 Å². The third-order valence-electron chi connectivity index (χ3n) is 6.48. The van der Waals surface area contributed by atoms with Crippen molar-refractivity contribution >= 4 is 15.9 Å². The highest BCUT2D eigenvalue weighted by molar-refractivity contribution is 9.10. The van der Waals surface area contributed by atoms with Gasteiger partial charge < -0.3 is 5.32 Å². The number of hydrogen-bond donors (Lipinski definition) is 1. The molecule has 0 heterocycles. The molecule has 114 valence electrons. The Morgan fingerprint density at radius 3 is 2.33 bits per heavy atom. The van der Waals surface area contributed by atoms with Crippen molar-refractivity contribution in [1.82, 2.24) is 5.32 Å². The van der Waals surface area contributed by atoms with E-state index < -0.39 is 0 Å². The van der Waals surface area contributed by atoms with Gasteiger partial charge in [-0.05, 0) is 92.9 Å². The molecule has 1 aromatic rings. The third kappa shape index (κ3) is 2.70. The Morgan fingerprint density at radius 2 is 1.76 bits per heavy atom. The lowest BCUT2D eigenvalue weighted by Gasteiger charge is -2.56. The van der Waals surface area contributed by atoms with E-state index in [4.69, 9.17) is 0 Å². The van der Waals surface area contributed by atoms with Gasteiger partial charge in [0, 0.05) is 10.5 Å². The van der Waals surface area contributed by atoms with Gasteiger partial charge in [0.25, 0.3) is 0 Å². The molecule has 1 aromatic carbocycles. The average molecular weight is 348 g/mol. The number of rotatable bonds is 4. The van der Waals surface area contributed by atoms with E-state index in [1.807, 2.05) is 0 Å². The van der Waals surface area contributed by atoms with E-state index in [1.54, 1.807) is 6.42 Å². The summed E-state index contributed by atoms with van der Waals surface area (Å²) in [5.74, 6) is 5.08. The quantitative estimate of drug-likeness (QED) is 0.835. The number of hydrogen-bond acceptors (Lipinski definition) is 1. The molecule has 2 heteroatoms. The maximum Gasteiger partial charge on any atom is 0.0178 e. The summed E-state index contributed by atoms with van der Waals surface area (Å²) in [5, 5.41) is 3.68. The molecule has 0 aliphatic heterocycles. The second-order valence-corrected chi connectivity index (χ2v) is 8.65. The fourth-order valence-electron chi connectivity index (χ4n) is 5.97. The van der Waals surface area contributed by atoms with Gasteiger partial charge in [0.05, 0.1) is 0 Å². The molecule has 4 fully saturated rings. The maximum atomic E-state index is 3.68. The molecule has 1 atom stereocenters. The zero-order valence-electron chi connectivity index (χ0n) is 12.9. The molecule has 4 aliphatic rings. The first-order valence-corrected chi connectivity index (χ1v) is 9.44. The van der Waals surface area contributed by atoms with Gasteiger partial charge in [0.15, 0.2) is 0 Å². The van der Waals surface area contributed by atoms with Crippen molar-refractivity contribution < 1.29 is 0 Å². The van der Waals surface area contributed by atoms with Gasteiger partial charge in [0.2, 0.25) is 0 Å². The van der Waals surface area contributed by atoms with E-state index in [-0.39, 0.29) is 0 Å². The van der Waals surface area contributed by atoms with Gasteiger partial charge in [-0.1, -0.05) is 28.1 Å². The van der Waals surface area contributed by atoms with Crippen molar-refractivity contribution in [1.29, 1.82) is 0 Å². The second-order valence-electron chi connectivity index (χ2n) is 7.74. The van der Waals surface area contributed by atoms with Crippen molar-refractivity contribution in [2.45, 2.75) is 44.6 Å². The maximum absolute atomic E-state index is 3.68. The fourth-order valence-corrected chi connectivity index (χ4v) is 6.42. The SMILES string of the molecule is CNC(Cc1cccc(Br)c1)C1C2CC3CC(C2)CC1C3. The van der Waals surface area contributed by atoms with E-state index >= 15 is 0 Å². The molecule has 0 amide bonds. The van der Waals surface area contributed by atoms with Crippen LogP contribution < -0.4 is 5.32 Å². The van der Waals surface area contributed by atoms with Crippen LogP contribution in [0.4, 0.5) is 0 Å². The van der Waals surface area contributed by atoms with E-state index in [9.17, 15) is 0 Å². The largest absolute Gasteiger partial charge is 0.316 e. The van der Waals surface area contributed by atoms with Crippen LogP contribution >= 0.6 is 15.9 Å². The highest BCUT2D eigenvalue weighted by atomic mass is 79.9. The van der Waals surface area contributed by atoms with Crippen molar-refractivity contribution in [3.8, 4) is 0 Å². The standard InChI is InChI=1S/C19H26BrN/c1-21-18(11-12-3-2-4-17(20)10-12)19-15-6-13-5-14(8-15)9-16(19)7-13/h2-4,10,13-16,18-19,21H,5-9,11H2,1H3. The highest BCUT2D eigenvalue weighted by Gasteiger charge is 2.50. The number of likely N-dealkylation sites (N-methyl/N-ethyl adjacent to an activating group) is 1. The van der Waals surface area contributed by atoms with Gasteiger partial charge in [-0.25, -0.2) is 0 Å². The van der Waals surface area contributed by atoms with Crippen LogP contribution in [0.5, 0.6) is 0 Å². The first-order chi connectivity index (χ1) is 10.2. The number of nitrogens with one attached hydrogen (secondary N) is 1. The van der Waals surface area contributed by atoms with Gasteiger partial charge in [0.1, 0.15) is 0 Å². The summed E-state index contributed by atoms with van der Waals surface area (Å²) < 4.78 is 1.21. The van der Waals surface area contributed by atoms with Crippen LogP contribution in [-0.2, 0) is 6.42 Å². The molecule has 4 bridgehead atoms. The van der Waals surface area contributed by atoms with Crippen molar-refractivity contribution in [3.63, 3.8) is 0 Å². The summed E-state index contributed by atoms with van der Waals surface area (Å²) in [4.78, 5) is 0. The summed E-state index contributed by atoms with van der Waals surface area (Å²) in [6.45, 7) is 0. The highest BCUT2D eigenvalue weighted by Crippen LogP contribution is 2.57. The summed E-state index contributed by atoms with van der Waals surface area (Å²) in [5.41, 5.74) is 1.47. The lowest BCUT2D eigenvalue weighted by Crippen LogP contribution is -2.53. The summed E-state index contributed by atoms with van der Waals surface area (Å²) >= 11 is 3.61. The minimum absolute atomic E-state index is 0.661. The monoisotopic (exact) mass is 347 g/mol. The number of halogens is 1. The van der Waals surface area contributed by atoms with Crippen LogP contribution in [0.3, 0.4) is 0 Å². The summed E-state index contributed by atoms with van der Waals surface area (Å²) in [7, 11) is 2.17. The molecule has 0 saturated heterocycles. The van der Waals surface area contributed by atoms with Gasteiger partial charge in [-0.3, -0.25) is 0 Å². The van der Waals surface area contributed by atoms with Crippen molar-refractivity contribution in [2.75, 3.05) is 7.05 Å². The molecule has 4 aliphatic carbocycles. The van der Waals surface area contributed by atoms with E-state index in [0.29, 0.717) is 6.04 Å². The van der Waals surface area contributed by atoms with Gasteiger partial charge >= 0.3 is 0 Å². The van der Waals surface area contributed by atoms with Gasteiger partial charge in [-0.2, -0.15) is 0 Å². The third-order valence-corrected chi connectivity index (χ3v) is 6.97. The normalized spacial score (nSPS) is 38.7. The van der Waals surface area contributed by atoms with Crippen LogP contribution in [0.15, 0.2) is 28.7 Å². The molecule has 21 heavy (non-hydrogen) atoms. The van der Waals surface area contributed by atoms with Gasteiger partial charge in [-0.15, -0.1) is 0 Å². The minimum Gasteiger partial charge on any atom is -0.316 e. The van der Waals surface area contributed by atoms with Crippen LogP contribution in [0.1, 0.15) is 37.7 Å². The fraction of sp³-hybridized carbons (Fsp3) is 0.684. The Balaban J connectivity index is 1.53. The Hall–Kier alpha value is -0.340. The van der Waals surface area contributed by atoms with E-state index in [0.717, 1.165) is 29.6 Å². The molecule has 0 aromatic heterocycles. The molecule has 1 unspecified atom stereocenters. The minimum atomic E-state index is 0.661. The number of benzene rings is 1. The molecule has 1 nitrogen and oxygen atoms in total. The lowest BCUT2D eigenvalue weighted by molar-refractivity contribution is -0.0507. The first-order valence-electron chi connectivity index (χ1n) is 8.64. The molecular formula is C19H26BrN. The molecule has 1 N–H and O–H groups in total. The topological polar surface area (TPSA) is 12.0 Å². The molecule has 0 radical (unpaired) electrons. The zero-order valence-corrected chi connectivity index (χ0v) is 14.5.